The van der Waals surface area contributed by atoms with E-state index in [4.69, 9.17) is 26.4 Å². The molecule has 0 fully saturated rings. The van der Waals surface area contributed by atoms with Crippen LogP contribution in [-0.4, -0.2) is 24.1 Å². The normalized spacial score (nSPS) is 15.6. The molecule has 0 amide bonds. The van der Waals surface area contributed by atoms with E-state index in [1.54, 1.807) is 18.2 Å². The van der Waals surface area contributed by atoms with Crippen LogP contribution in [0.5, 0.6) is 0 Å². The quantitative estimate of drug-likeness (QED) is 0.171. The van der Waals surface area contributed by atoms with Crippen molar-refractivity contribution in [2.24, 2.45) is 0 Å². The third-order valence-electron chi connectivity index (χ3n) is 9.66. The summed E-state index contributed by atoms with van der Waals surface area (Å²) in [5.41, 5.74) is 2.04. The predicted octanol–water partition coefficient (Wildman–Crippen LogP) is 12.7. The fourth-order valence-electron chi connectivity index (χ4n) is 7.28. The highest BCUT2D eigenvalue weighted by Crippen LogP contribution is 2.42. The van der Waals surface area contributed by atoms with E-state index in [0.29, 0.717) is 27.2 Å². The van der Waals surface area contributed by atoms with Crippen LogP contribution in [0.1, 0.15) is 21.9 Å². The Kier molecular flexibility index (Phi) is 4.57. The number of para-hydroxylation sites is 2. The van der Waals surface area contributed by atoms with Crippen LogP contribution in [0.3, 0.4) is 0 Å². The van der Waals surface area contributed by atoms with Gasteiger partial charge in [0.05, 0.1) is 44.0 Å². The average Bonchev–Trinajstić information content (AvgIpc) is 3.92. The van der Waals surface area contributed by atoms with E-state index in [1.807, 2.05) is 89.5 Å². The lowest BCUT2D eigenvalue weighted by Gasteiger charge is -2.12. The van der Waals surface area contributed by atoms with E-state index in [-0.39, 0.29) is 23.5 Å². The van der Waals surface area contributed by atoms with Crippen LogP contribution >= 0.6 is 0 Å². The molecule has 0 unspecified atom stereocenters. The van der Waals surface area contributed by atoms with Crippen molar-refractivity contribution in [3.05, 3.63) is 200 Å². The van der Waals surface area contributed by atoms with Gasteiger partial charge in [0.25, 0.3) is 0 Å². The van der Waals surface area contributed by atoms with Gasteiger partial charge in [-0.15, -0.1) is 0 Å². The monoisotopic (exact) mass is 731 g/mol. The van der Waals surface area contributed by atoms with Gasteiger partial charge in [-0.05, 0) is 64.6 Å². The highest BCUT2D eigenvalue weighted by atomic mass is 15.2. The van der Waals surface area contributed by atoms with Crippen LogP contribution < -0.4 is 0 Å². The number of rotatable bonds is 6. The van der Waals surface area contributed by atoms with E-state index in [0.717, 1.165) is 27.7 Å². The van der Waals surface area contributed by atoms with Gasteiger partial charge in [0.15, 0.2) is 11.6 Å². The molecule has 5 nitrogen and oxygen atoms in total. The maximum Gasteiger partial charge on any atom is 0.238 e. The van der Waals surface area contributed by atoms with Gasteiger partial charge >= 0.3 is 0 Å². The van der Waals surface area contributed by atoms with Gasteiger partial charge in [-0.2, -0.15) is 9.97 Å². The molecule has 0 aliphatic carbocycles. The van der Waals surface area contributed by atoms with Crippen molar-refractivity contribution >= 4 is 43.6 Å². The molecule has 0 aliphatic heterocycles. The molecule has 0 aliphatic rings. The second-order valence-electron chi connectivity index (χ2n) is 12.9. The Hall–Kier alpha value is -7.63. The minimum Gasteiger partial charge on any atom is -0.309 e. The Morgan fingerprint density at radius 2 is 0.929 bits per heavy atom. The van der Waals surface area contributed by atoms with E-state index >= 15 is 0 Å². The molecule has 262 valence electrons. The molecule has 0 spiro atoms. The molecule has 11 aromatic rings. The van der Waals surface area contributed by atoms with Gasteiger partial charge in [-0.25, -0.2) is 4.98 Å². The Balaban J connectivity index is 1.28. The number of hydrogen-bond acceptors (Lipinski definition) is 3. The zero-order valence-electron chi connectivity index (χ0n) is 45.1. The molecule has 0 N–H and O–H groups in total. The van der Waals surface area contributed by atoms with Crippen LogP contribution in [0.2, 0.25) is 0 Å². The molecule has 3 heterocycles. The highest BCUT2D eigenvalue weighted by Gasteiger charge is 2.22. The van der Waals surface area contributed by atoms with Gasteiger partial charge in [-0.1, -0.05) is 157 Å². The van der Waals surface area contributed by atoms with E-state index in [1.165, 1.54) is 4.57 Å². The zero-order valence-corrected chi connectivity index (χ0v) is 29.1. The average molecular weight is 732 g/mol. The van der Waals surface area contributed by atoms with Gasteiger partial charge in [0.2, 0.25) is 5.95 Å². The topological polar surface area (TPSA) is 48.5 Å². The highest BCUT2D eigenvalue weighted by molar-refractivity contribution is 6.28. The number of hydrogen-bond donors (Lipinski definition) is 0. The van der Waals surface area contributed by atoms with Crippen LogP contribution in [0.25, 0.3) is 100 Å². The zero-order chi connectivity index (χ0) is 50.9. The number of benzene rings is 8. The third kappa shape index (κ3) is 5.21. The van der Waals surface area contributed by atoms with Crippen molar-refractivity contribution in [1.29, 1.82) is 0 Å². The van der Waals surface area contributed by atoms with Gasteiger partial charge in [0, 0.05) is 38.4 Å². The lowest BCUT2D eigenvalue weighted by Crippen LogP contribution is -2.06. The van der Waals surface area contributed by atoms with Crippen molar-refractivity contribution in [3.63, 3.8) is 0 Å². The summed E-state index contributed by atoms with van der Waals surface area (Å²) < 4.78 is 145. The second-order valence-corrected chi connectivity index (χ2v) is 12.9. The van der Waals surface area contributed by atoms with Crippen molar-refractivity contribution in [3.8, 4) is 56.7 Å². The van der Waals surface area contributed by atoms with Crippen LogP contribution in [0.4, 0.5) is 0 Å². The van der Waals surface area contributed by atoms with Gasteiger partial charge in [0.1, 0.15) is 0 Å². The number of nitrogens with zero attached hydrogens (tertiary/aromatic N) is 5. The lowest BCUT2D eigenvalue weighted by atomic mass is 10.0. The van der Waals surface area contributed by atoms with E-state index in [9.17, 15) is 5.48 Å². The SMILES string of the molecule is [2H]c1c([2H])c([2H])c(-c2nc(-c3c([2H])c([2H])c([2H])c(-c4c([2H])c([2H])c([2H])c([2H])c4[2H])c3[2H])nc(-n3c4ccccc4c4c5c6ccccc6n(-c6cccc(-c7ccccc7)c6)c5c([2H])c([2H])c43)n2)c([2H])c1[2H]. The molecule has 56 heavy (non-hydrogen) atoms. The van der Waals surface area contributed by atoms with Crippen molar-refractivity contribution in [2.45, 2.75) is 0 Å². The molecule has 0 bridgehead atoms. The standard InChI is InChI=1S/C51H33N5/c1-4-16-34(17-5-1)37-22-14-24-39(32-37)50-52-49(36-20-8-3-9-21-36)53-51(54-50)56-44-29-13-11-27-42(44)48-46(56)31-30-45-47(48)41-26-10-12-28-43(41)55(45)40-25-15-23-38(33-40)35-18-6-2-7-19-35/h1-33H/i1D,3D,4D,5D,8D,9D,14D,16D,17D,20D,21D,22D,24D,30D,31D,32D. The molecule has 8 aromatic carbocycles. The largest absolute Gasteiger partial charge is 0.309 e. The Bertz CT molecular complexity index is 4130. The molecule has 3 aromatic heterocycles. The smallest absolute Gasteiger partial charge is 0.238 e. The van der Waals surface area contributed by atoms with Crippen molar-refractivity contribution in [1.82, 2.24) is 24.1 Å². The molecule has 0 saturated heterocycles. The molecule has 5 heteroatoms. The first-order valence-electron chi connectivity index (χ1n) is 25.6. The van der Waals surface area contributed by atoms with Crippen LogP contribution in [-0.2, 0) is 0 Å². The number of fused-ring (bicyclic) bond motifs is 7. The Morgan fingerprint density at radius 1 is 0.375 bits per heavy atom. The Morgan fingerprint density at radius 3 is 1.64 bits per heavy atom. The van der Waals surface area contributed by atoms with Gasteiger partial charge in [-0.3, -0.25) is 4.57 Å². The summed E-state index contributed by atoms with van der Waals surface area (Å²) in [5.74, 6) is -1.49. The third-order valence-corrected chi connectivity index (χ3v) is 9.66. The Labute approximate surface area is 345 Å². The predicted molar refractivity (Wildman–Crippen MR) is 230 cm³/mol. The number of aromatic nitrogens is 5. The molecule has 11 rings (SSSR count). The van der Waals surface area contributed by atoms with Crippen LogP contribution in [0.15, 0.2) is 200 Å². The maximum atomic E-state index is 9.91. The first kappa shape index (κ1) is 19.6. The van der Waals surface area contributed by atoms with Crippen molar-refractivity contribution < 1.29 is 21.9 Å². The molecular formula is C51H33N5. The molecule has 0 atom stereocenters. The summed E-state index contributed by atoms with van der Waals surface area (Å²) in [6, 6.07) is 21.3. The summed E-state index contributed by atoms with van der Waals surface area (Å²) in [7, 11) is 0. The summed E-state index contributed by atoms with van der Waals surface area (Å²) >= 11 is 0. The van der Waals surface area contributed by atoms with Crippen LogP contribution in [0, 0.1) is 0 Å². The molecule has 0 saturated carbocycles. The summed E-state index contributed by atoms with van der Waals surface area (Å²) in [6.07, 6.45) is 0. The lowest BCUT2D eigenvalue weighted by molar-refractivity contribution is 0.953. The summed E-state index contributed by atoms with van der Waals surface area (Å²) in [5, 5.41) is 2.44. The van der Waals surface area contributed by atoms with Gasteiger partial charge < -0.3 is 4.57 Å². The summed E-state index contributed by atoms with van der Waals surface area (Å²) in [6.45, 7) is 0. The second kappa shape index (κ2) is 13.0. The fraction of sp³-hybridized carbons (Fsp3) is 0. The first-order valence-corrected chi connectivity index (χ1v) is 17.6. The minimum atomic E-state index is -0.827. The minimum absolute atomic E-state index is 0.124. The molecular weight excluding hydrogens is 683 g/mol. The fourth-order valence-corrected chi connectivity index (χ4v) is 7.28. The first-order chi connectivity index (χ1) is 34.4. The van der Waals surface area contributed by atoms with Crippen molar-refractivity contribution in [2.75, 3.05) is 0 Å². The van der Waals surface area contributed by atoms with E-state index < -0.39 is 118 Å². The van der Waals surface area contributed by atoms with E-state index in [2.05, 4.69) is 4.98 Å². The maximum absolute atomic E-state index is 9.91. The molecule has 0 radical (unpaired) electrons. The summed E-state index contributed by atoms with van der Waals surface area (Å²) in [4.78, 5) is 14.0.